The predicted octanol–water partition coefficient (Wildman–Crippen LogP) is 2.51. The third kappa shape index (κ3) is 2.73. The molecule has 0 amide bonds. The summed E-state index contributed by atoms with van der Waals surface area (Å²) in [5.74, 6) is 0.162. The van der Waals surface area contributed by atoms with Gasteiger partial charge in [0.15, 0.2) is 5.03 Å². The van der Waals surface area contributed by atoms with Gasteiger partial charge < -0.3 is 9.67 Å². The van der Waals surface area contributed by atoms with Crippen molar-refractivity contribution in [3.8, 4) is 5.75 Å². The summed E-state index contributed by atoms with van der Waals surface area (Å²) in [6.45, 7) is 2.69. The topological polar surface area (TPSA) is 55.1 Å². The van der Waals surface area contributed by atoms with E-state index in [2.05, 4.69) is 4.98 Å². The van der Waals surface area contributed by atoms with E-state index >= 15 is 0 Å². The van der Waals surface area contributed by atoms with Gasteiger partial charge in [0.1, 0.15) is 5.75 Å². The number of benzene rings is 1. The zero-order valence-electron chi connectivity index (χ0n) is 10.0. The highest BCUT2D eigenvalue weighted by Gasteiger charge is 2.08. The predicted molar refractivity (Wildman–Crippen MR) is 71.0 cm³/mol. The minimum absolute atomic E-state index is 0.118. The molecule has 0 aliphatic carbocycles. The molecule has 1 aromatic heterocycles. The molecule has 0 spiro atoms. The largest absolute Gasteiger partial charge is 0.507 e. The number of phenolic OH excluding ortho intramolecular Hbond substituents is 1. The van der Waals surface area contributed by atoms with Gasteiger partial charge in [-0.25, -0.2) is 4.98 Å². The molecule has 4 nitrogen and oxygen atoms in total. The van der Waals surface area contributed by atoms with Crippen LogP contribution in [0.2, 0.25) is 0 Å². The molecule has 18 heavy (non-hydrogen) atoms. The first-order valence-electron chi connectivity index (χ1n) is 5.73. The Bertz CT molecular complexity index is 596. The van der Waals surface area contributed by atoms with Crippen molar-refractivity contribution < 1.29 is 5.11 Å². The normalized spacial score (nSPS) is 10.5. The van der Waals surface area contributed by atoms with Crippen LogP contribution in [0.1, 0.15) is 13.3 Å². The molecule has 0 saturated carbocycles. The third-order valence-corrected chi connectivity index (χ3v) is 3.46. The molecule has 0 atom stereocenters. The highest BCUT2D eigenvalue weighted by molar-refractivity contribution is 7.99. The van der Waals surface area contributed by atoms with Crippen molar-refractivity contribution in [3.05, 3.63) is 47.0 Å². The number of aryl methyl sites for hydroxylation is 1. The molecule has 1 aromatic carbocycles. The van der Waals surface area contributed by atoms with Crippen molar-refractivity contribution in [1.82, 2.24) is 9.55 Å². The summed E-state index contributed by atoms with van der Waals surface area (Å²) in [4.78, 5) is 16.8. The number of hydrogen-bond donors (Lipinski definition) is 1. The van der Waals surface area contributed by atoms with E-state index in [4.69, 9.17) is 0 Å². The Labute approximate surface area is 109 Å². The molecule has 94 valence electrons. The Morgan fingerprint density at radius 2 is 2.17 bits per heavy atom. The van der Waals surface area contributed by atoms with E-state index in [9.17, 15) is 9.90 Å². The maximum atomic E-state index is 12.1. The summed E-state index contributed by atoms with van der Waals surface area (Å²) in [6.07, 6.45) is 4.19. The van der Waals surface area contributed by atoms with Crippen molar-refractivity contribution in [3.63, 3.8) is 0 Å². The number of aromatic nitrogens is 2. The molecule has 2 aromatic rings. The molecule has 0 saturated heterocycles. The average Bonchev–Trinajstić information content (AvgIpc) is 2.37. The number of nitrogens with zero attached hydrogens (tertiary/aromatic N) is 2. The van der Waals surface area contributed by atoms with Crippen LogP contribution < -0.4 is 5.56 Å². The second-order valence-corrected chi connectivity index (χ2v) is 4.83. The number of aromatic hydroxyl groups is 1. The number of hydrogen-bond acceptors (Lipinski definition) is 4. The first-order chi connectivity index (χ1) is 8.72. The van der Waals surface area contributed by atoms with E-state index in [1.54, 1.807) is 35.2 Å². The van der Waals surface area contributed by atoms with Crippen LogP contribution in [0, 0.1) is 0 Å². The van der Waals surface area contributed by atoms with E-state index in [-0.39, 0.29) is 11.3 Å². The lowest BCUT2D eigenvalue weighted by Crippen LogP contribution is -2.21. The molecule has 0 aliphatic rings. The van der Waals surface area contributed by atoms with Crippen molar-refractivity contribution in [2.75, 3.05) is 0 Å². The van der Waals surface area contributed by atoms with Gasteiger partial charge in [0.25, 0.3) is 5.56 Å². The van der Waals surface area contributed by atoms with Crippen molar-refractivity contribution in [2.24, 2.45) is 0 Å². The summed E-state index contributed by atoms with van der Waals surface area (Å²) >= 11 is 1.19. The fourth-order valence-electron chi connectivity index (χ4n) is 1.56. The highest BCUT2D eigenvalue weighted by atomic mass is 32.2. The molecule has 0 unspecified atom stereocenters. The number of para-hydroxylation sites is 1. The summed E-state index contributed by atoms with van der Waals surface area (Å²) in [6, 6.07) is 6.91. The standard InChI is InChI=1S/C13H14N2O2S/c1-2-8-15-9-7-14-12(13(15)17)18-11-6-4-3-5-10(11)16/h3-7,9,16H,2,8H2,1H3. The Hall–Kier alpha value is -1.75. The zero-order valence-corrected chi connectivity index (χ0v) is 10.9. The molecule has 0 bridgehead atoms. The molecular weight excluding hydrogens is 248 g/mol. The van der Waals surface area contributed by atoms with Gasteiger partial charge in [-0.3, -0.25) is 4.79 Å². The second kappa shape index (κ2) is 5.73. The Morgan fingerprint density at radius 3 is 2.89 bits per heavy atom. The van der Waals surface area contributed by atoms with Gasteiger partial charge in [0, 0.05) is 18.9 Å². The summed E-state index contributed by atoms with van der Waals surface area (Å²) in [5, 5.41) is 10.1. The van der Waals surface area contributed by atoms with Crippen LogP contribution in [-0.2, 0) is 6.54 Å². The summed E-state index contributed by atoms with van der Waals surface area (Å²) in [5.41, 5.74) is -0.118. The maximum absolute atomic E-state index is 12.1. The fourth-order valence-corrected chi connectivity index (χ4v) is 2.41. The van der Waals surface area contributed by atoms with Crippen LogP contribution >= 0.6 is 11.8 Å². The van der Waals surface area contributed by atoms with Gasteiger partial charge in [-0.15, -0.1) is 0 Å². The lowest BCUT2D eigenvalue weighted by Gasteiger charge is -2.06. The Balaban J connectivity index is 2.33. The van der Waals surface area contributed by atoms with E-state index in [1.807, 2.05) is 13.0 Å². The fraction of sp³-hybridized carbons (Fsp3) is 0.231. The first-order valence-corrected chi connectivity index (χ1v) is 6.55. The third-order valence-electron chi connectivity index (χ3n) is 2.42. The molecule has 1 N–H and O–H groups in total. The summed E-state index contributed by atoms with van der Waals surface area (Å²) < 4.78 is 1.63. The van der Waals surface area contributed by atoms with Crippen LogP contribution in [0.4, 0.5) is 0 Å². The number of rotatable bonds is 4. The average molecular weight is 262 g/mol. The molecule has 0 radical (unpaired) electrons. The molecule has 2 rings (SSSR count). The van der Waals surface area contributed by atoms with Gasteiger partial charge >= 0.3 is 0 Å². The molecule has 0 aliphatic heterocycles. The van der Waals surface area contributed by atoms with E-state index in [0.29, 0.717) is 16.5 Å². The quantitative estimate of drug-likeness (QED) is 0.919. The van der Waals surface area contributed by atoms with Crippen molar-refractivity contribution >= 4 is 11.8 Å². The first kappa shape index (κ1) is 12.7. The van der Waals surface area contributed by atoms with Crippen LogP contribution in [-0.4, -0.2) is 14.7 Å². The van der Waals surface area contributed by atoms with Crippen LogP contribution in [0.25, 0.3) is 0 Å². The Kier molecular flexibility index (Phi) is 4.04. The molecule has 5 heteroatoms. The van der Waals surface area contributed by atoms with Gasteiger partial charge in [0.2, 0.25) is 0 Å². The monoisotopic (exact) mass is 262 g/mol. The lowest BCUT2D eigenvalue weighted by atomic mass is 10.3. The van der Waals surface area contributed by atoms with Crippen LogP contribution in [0.3, 0.4) is 0 Å². The lowest BCUT2D eigenvalue weighted by molar-refractivity contribution is 0.462. The number of phenols is 1. The molecular formula is C13H14N2O2S. The van der Waals surface area contributed by atoms with Gasteiger partial charge in [-0.05, 0) is 18.6 Å². The zero-order chi connectivity index (χ0) is 13.0. The van der Waals surface area contributed by atoms with E-state index in [1.165, 1.54) is 11.8 Å². The van der Waals surface area contributed by atoms with Gasteiger partial charge in [-0.2, -0.15) is 0 Å². The Morgan fingerprint density at radius 1 is 1.39 bits per heavy atom. The summed E-state index contributed by atoms with van der Waals surface area (Å²) in [7, 11) is 0. The minimum Gasteiger partial charge on any atom is -0.507 e. The van der Waals surface area contributed by atoms with E-state index in [0.717, 1.165) is 6.42 Å². The minimum atomic E-state index is -0.118. The van der Waals surface area contributed by atoms with Crippen LogP contribution in [0.15, 0.2) is 51.4 Å². The second-order valence-electron chi connectivity index (χ2n) is 3.80. The van der Waals surface area contributed by atoms with Gasteiger partial charge in [-0.1, -0.05) is 30.8 Å². The van der Waals surface area contributed by atoms with Crippen molar-refractivity contribution in [1.29, 1.82) is 0 Å². The molecule has 1 heterocycles. The van der Waals surface area contributed by atoms with Gasteiger partial charge in [0.05, 0.1) is 4.90 Å². The van der Waals surface area contributed by atoms with Crippen molar-refractivity contribution in [2.45, 2.75) is 29.8 Å². The molecule has 0 fully saturated rings. The van der Waals surface area contributed by atoms with Crippen LogP contribution in [0.5, 0.6) is 5.75 Å². The van der Waals surface area contributed by atoms with E-state index < -0.39 is 0 Å². The smallest absolute Gasteiger partial charge is 0.283 e. The highest BCUT2D eigenvalue weighted by Crippen LogP contribution is 2.30. The SMILES string of the molecule is CCCn1ccnc(Sc2ccccc2O)c1=O. The maximum Gasteiger partial charge on any atom is 0.283 e.